The lowest BCUT2D eigenvalue weighted by atomic mass is 10.2. The van der Waals surface area contributed by atoms with Crippen LogP contribution in [0.5, 0.6) is 5.75 Å². The second-order valence-electron chi connectivity index (χ2n) is 6.41. The fourth-order valence-electron chi connectivity index (χ4n) is 2.66. The number of benzene rings is 3. The lowest BCUT2D eigenvalue weighted by Crippen LogP contribution is -2.15. The van der Waals surface area contributed by atoms with E-state index in [2.05, 4.69) is 36.6 Å². The van der Waals surface area contributed by atoms with Gasteiger partial charge in [0.25, 0.3) is 10.0 Å². The highest BCUT2D eigenvalue weighted by Gasteiger charge is 2.20. The first-order valence-electron chi connectivity index (χ1n) is 9.25. The highest BCUT2D eigenvalue weighted by molar-refractivity contribution is 9.10. The Hall–Kier alpha value is -2.36. The van der Waals surface area contributed by atoms with Crippen molar-refractivity contribution in [3.63, 3.8) is 0 Å². The topological polar surface area (TPSA) is 81.7 Å². The number of carbonyl (C=O) groups is 1. The summed E-state index contributed by atoms with van der Waals surface area (Å²) in [6, 6.07) is 18.2. The molecule has 0 saturated heterocycles. The molecule has 9 heteroatoms. The molecule has 0 radical (unpaired) electrons. The van der Waals surface area contributed by atoms with Crippen molar-refractivity contribution in [1.82, 2.24) is 0 Å². The molecule has 0 aliphatic carbocycles. The van der Waals surface area contributed by atoms with E-state index in [1.54, 1.807) is 19.1 Å². The van der Waals surface area contributed by atoms with Crippen LogP contribution in [0.3, 0.4) is 0 Å². The maximum Gasteiger partial charge on any atom is 0.338 e. The molecule has 3 aromatic carbocycles. The molecule has 0 saturated carbocycles. The summed E-state index contributed by atoms with van der Waals surface area (Å²) in [5.74, 6) is -0.241. The highest BCUT2D eigenvalue weighted by Crippen LogP contribution is 2.29. The first kappa shape index (κ1) is 23.3. The van der Waals surface area contributed by atoms with Gasteiger partial charge in [-0.3, -0.25) is 4.72 Å². The van der Waals surface area contributed by atoms with Crippen molar-refractivity contribution in [2.24, 2.45) is 0 Å². The van der Waals surface area contributed by atoms with E-state index in [1.165, 1.54) is 30.3 Å². The van der Waals surface area contributed by atoms with Crippen LogP contribution in [0, 0.1) is 0 Å². The van der Waals surface area contributed by atoms with Gasteiger partial charge >= 0.3 is 5.97 Å². The molecule has 0 atom stereocenters. The van der Waals surface area contributed by atoms with Gasteiger partial charge in [0.05, 0.1) is 12.2 Å². The SMILES string of the molecule is CCOc1ccc(Br)cc1S(=O)(=O)Nc1ccc(C(=O)OCc2ccc(Br)cc2)cc1. The number of nitrogens with one attached hydrogen (secondary N) is 1. The molecular weight excluding hydrogens is 550 g/mol. The minimum absolute atomic E-state index is 0.0155. The average Bonchev–Trinajstić information content (AvgIpc) is 2.75. The summed E-state index contributed by atoms with van der Waals surface area (Å²) in [6.07, 6.45) is 0. The molecule has 0 aliphatic heterocycles. The van der Waals surface area contributed by atoms with Crippen LogP contribution in [0.4, 0.5) is 5.69 Å². The van der Waals surface area contributed by atoms with Crippen LogP contribution in [0.25, 0.3) is 0 Å². The fraction of sp³-hybridized carbons (Fsp3) is 0.136. The molecule has 3 aromatic rings. The third-order valence-corrected chi connectivity index (χ3v) is 6.58. The van der Waals surface area contributed by atoms with Gasteiger partial charge in [0, 0.05) is 14.6 Å². The van der Waals surface area contributed by atoms with Gasteiger partial charge < -0.3 is 9.47 Å². The Kier molecular flexibility index (Phi) is 7.74. The average molecular weight is 569 g/mol. The van der Waals surface area contributed by atoms with Gasteiger partial charge in [-0.2, -0.15) is 0 Å². The first-order chi connectivity index (χ1) is 14.8. The number of halogens is 2. The quantitative estimate of drug-likeness (QED) is 0.349. The van der Waals surface area contributed by atoms with Gasteiger partial charge in [-0.05, 0) is 67.1 Å². The van der Waals surface area contributed by atoms with E-state index in [9.17, 15) is 13.2 Å². The highest BCUT2D eigenvalue weighted by atomic mass is 79.9. The predicted molar refractivity (Wildman–Crippen MR) is 126 cm³/mol. The Balaban J connectivity index is 1.69. The zero-order valence-electron chi connectivity index (χ0n) is 16.5. The van der Waals surface area contributed by atoms with E-state index in [-0.39, 0.29) is 17.3 Å². The maximum atomic E-state index is 12.8. The second kappa shape index (κ2) is 10.3. The zero-order valence-corrected chi connectivity index (χ0v) is 20.5. The Morgan fingerprint density at radius 1 is 0.935 bits per heavy atom. The van der Waals surface area contributed by atoms with Gasteiger partial charge in [-0.1, -0.05) is 44.0 Å². The number of anilines is 1. The zero-order chi connectivity index (χ0) is 22.4. The summed E-state index contributed by atoms with van der Waals surface area (Å²) in [7, 11) is -3.90. The lowest BCUT2D eigenvalue weighted by molar-refractivity contribution is 0.0472. The van der Waals surface area contributed by atoms with Crippen molar-refractivity contribution >= 4 is 53.5 Å². The van der Waals surface area contributed by atoms with Gasteiger partial charge in [-0.15, -0.1) is 0 Å². The van der Waals surface area contributed by atoms with Crippen LogP contribution in [0.2, 0.25) is 0 Å². The number of esters is 1. The van der Waals surface area contributed by atoms with Crippen molar-refractivity contribution in [3.8, 4) is 5.75 Å². The predicted octanol–water partition coefficient (Wildman–Crippen LogP) is 5.77. The number of ether oxygens (including phenoxy) is 2. The van der Waals surface area contributed by atoms with Crippen LogP contribution in [0.15, 0.2) is 80.6 Å². The molecule has 0 amide bonds. The van der Waals surface area contributed by atoms with Crippen molar-refractivity contribution in [3.05, 3.63) is 86.8 Å². The van der Waals surface area contributed by atoms with E-state index < -0.39 is 16.0 Å². The minimum Gasteiger partial charge on any atom is -0.492 e. The van der Waals surface area contributed by atoms with Gasteiger partial charge in [0.1, 0.15) is 17.3 Å². The summed E-state index contributed by atoms with van der Waals surface area (Å²) in [5.41, 5.74) is 1.49. The lowest BCUT2D eigenvalue weighted by Gasteiger charge is -2.13. The molecule has 0 fully saturated rings. The third-order valence-electron chi connectivity index (χ3n) is 4.15. The molecule has 162 valence electrons. The Labute approximate surface area is 197 Å². The molecule has 0 bridgehead atoms. The molecule has 0 aliphatic rings. The Morgan fingerprint density at radius 2 is 1.58 bits per heavy atom. The number of hydrogen-bond acceptors (Lipinski definition) is 5. The molecule has 0 unspecified atom stereocenters. The Bertz CT molecular complexity index is 1160. The van der Waals surface area contributed by atoms with E-state index in [0.717, 1.165) is 10.0 Å². The largest absolute Gasteiger partial charge is 0.492 e. The van der Waals surface area contributed by atoms with Crippen LogP contribution in [0.1, 0.15) is 22.8 Å². The van der Waals surface area contributed by atoms with E-state index in [0.29, 0.717) is 22.3 Å². The molecule has 31 heavy (non-hydrogen) atoms. The van der Waals surface area contributed by atoms with Crippen LogP contribution >= 0.6 is 31.9 Å². The van der Waals surface area contributed by atoms with Gasteiger partial charge in [-0.25, -0.2) is 13.2 Å². The number of hydrogen-bond donors (Lipinski definition) is 1. The monoisotopic (exact) mass is 567 g/mol. The van der Waals surface area contributed by atoms with Crippen molar-refractivity contribution < 1.29 is 22.7 Å². The normalized spacial score (nSPS) is 11.1. The summed E-state index contributed by atoms with van der Waals surface area (Å²) in [6.45, 7) is 2.26. The van der Waals surface area contributed by atoms with Crippen LogP contribution < -0.4 is 9.46 Å². The first-order valence-corrected chi connectivity index (χ1v) is 12.3. The summed E-state index contributed by atoms with van der Waals surface area (Å²) in [4.78, 5) is 12.3. The second-order valence-corrected chi connectivity index (χ2v) is 9.89. The van der Waals surface area contributed by atoms with E-state index in [4.69, 9.17) is 9.47 Å². The maximum absolute atomic E-state index is 12.8. The molecule has 6 nitrogen and oxygen atoms in total. The Morgan fingerprint density at radius 3 is 2.23 bits per heavy atom. The molecule has 3 rings (SSSR count). The van der Waals surface area contributed by atoms with E-state index in [1.807, 2.05) is 24.3 Å². The van der Waals surface area contributed by atoms with Crippen molar-refractivity contribution in [2.75, 3.05) is 11.3 Å². The molecule has 0 spiro atoms. The van der Waals surface area contributed by atoms with Gasteiger partial charge in [0.15, 0.2) is 0 Å². The van der Waals surface area contributed by atoms with E-state index >= 15 is 0 Å². The van der Waals surface area contributed by atoms with Crippen molar-refractivity contribution in [2.45, 2.75) is 18.4 Å². The minimum atomic E-state index is -3.90. The van der Waals surface area contributed by atoms with Crippen molar-refractivity contribution in [1.29, 1.82) is 0 Å². The summed E-state index contributed by atoms with van der Waals surface area (Å²) < 4.78 is 40.5. The number of rotatable bonds is 8. The molecular formula is C22H19Br2NO5S. The van der Waals surface area contributed by atoms with Crippen LogP contribution in [-0.4, -0.2) is 21.0 Å². The summed E-state index contributed by atoms with van der Waals surface area (Å²) >= 11 is 6.64. The number of carbonyl (C=O) groups excluding carboxylic acids is 1. The molecule has 1 N–H and O–H groups in total. The molecule has 0 aromatic heterocycles. The number of sulfonamides is 1. The summed E-state index contributed by atoms with van der Waals surface area (Å²) in [5, 5.41) is 0. The molecule has 0 heterocycles. The third kappa shape index (κ3) is 6.32. The standard InChI is InChI=1S/C22H19Br2NO5S/c1-2-29-20-12-9-18(24)13-21(20)31(27,28)25-19-10-5-16(6-11-19)22(26)30-14-15-3-7-17(23)8-4-15/h3-13,25H,2,14H2,1H3. The van der Waals surface area contributed by atoms with Gasteiger partial charge in [0.2, 0.25) is 0 Å². The fourth-order valence-corrected chi connectivity index (χ4v) is 4.67. The smallest absolute Gasteiger partial charge is 0.338 e. The van der Waals surface area contributed by atoms with Crippen LogP contribution in [-0.2, 0) is 21.4 Å².